The number of alkyl halides is 2. The second-order valence-electron chi connectivity index (χ2n) is 6.10. The topological polar surface area (TPSA) is 90.9 Å². The molecule has 1 aromatic heterocycles. The summed E-state index contributed by atoms with van der Waals surface area (Å²) in [4.78, 5) is 18.4. The molecule has 0 fully saturated rings. The van der Waals surface area contributed by atoms with E-state index in [0.717, 1.165) is 6.07 Å². The average Bonchev–Trinajstić information content (AvgIpc) is 3.00. The smallest absolute Gasteiger partial charge is 0.399 e. The minimum Gasteiger partial charge on any atom is -0.508 e. The lowest BCUT2D eigenvalue weighted by molar-refractivity contribution is 0.0579. The normalized spacial score (nSPS) is 12.7. The molecule has 0 bridgehead atoms. The molecule has 3 aromatic carbocycles. The van der Waals surface area contributed by atoms with Crippen LogP contribution in [-0.4, -0.2) is 14.9 Å². The highest BCUT2D eigenvalue weighted by atomic mass is 31.2. The van der Waals surface area contributed by atoms with Gasteiger partial charge in [0.2, 0.25) is 0 Å². The number of benzene rings is 3. The minimum absolute atomic E-state index is 0.0456. The lowest BCUT2D eigenvalue weighted by Gasteiger charge is -2.19. The summed E-state index contributed by atoms with van der Waals surface area (Å²) in [6.07, 6.45) is 0. The molecule has 1 heterocycles. The van der Waals surface area contributed by atoms with Crippen molar-refractivity contribution in [3.8, 4) is 16.9 Å². The molecule has 0 aliphatic heterocycles. The van der Waals surface area contributed by atoms with Crippen LogP contribution >= 0.6 is 7.60 Å². The van der Waals surface area contributed by atoms with Gasteiger partial charge in [-0.2, -0.15) is 8.78 Å². The molecule has 0 spiro atoms. The maximum absolute atomic E-state index is 14.5. The van der Waals surface area contributed by atoms with Crippen LogP contribution < -0.4 is 0 Å². The Balaban J connectivity index is 2.12. The number of rotatable bonds is 3. The number of phenolic OH excluding ortho intramolecular Hbond substituents is 1. The first-order chi connectivity index (χ1) is 12.7. The fraction of sp³-hybridized carbons (Fsp3) is 0.0526. The Morgan fingerprint density at radius 1 is 0.926 bits per heavy atom. The number of fused-ring (bicyclic) bond motifs is 3. The molecular weight excluding hydrogens is 377 g/mol. The van der Waals surface area contributed by atoms with Gasteiger partial charge < -0.3 is 19.3 Å². The summed E-state index contributed by atoms with van der Waals surface area (Å²) < 4.78 is 46.3. The van der Waals surface area contributed by atoms with E-state index in [1.807, 2.05) is 0 Å². The van der Waals surface area contributed by atoms with Gasteiger partial charge in [-0.1, -0.05) is 42.5 Å². The molecule has 0 aliphatic rings. The quantitative estimate of drug-likeness (QED) is 0.419. The number of hydrogen-bond acceptors (Lipinski definition) is 3. The third-order valence-electron chi connectivity index (χ3n) is 4.39. The lowest BCUT2D eigenvalue weighted by Crippen LogP contribution is -2.14. The van der Waals surface area contributed by atoms with Gasteiger partial charge in [-0.05, 0) is 23.8 Å². The van der Waals surface area contributed by atoms with E-state index in [4.69, 9.17) is 4.42 Å². The van der Waals surface area contributed by atoms with E-state index in [9.17, 15) is 28.2 Å². The second kappa shape index (κ2) is 5.89. The summed E-state index contributed by atoms with van der Waals surface area (Å²) in [5, 5.41) is 9.74. The van der Waals surface area contributed by atoms with Crippen molar-refractivity contribution in [1.29, 1.82) is 0 Å². The summed E-state index contributed by atoms with van der Waals surface area (Å²) in [6, 6.07) is 14.9. The summed E-state index contributed by atoms with van der Waals surface area (Å²) >= 11 is 0. The van der Waals surface area contributed by atoms with Crippen molar-refractivity contribution in [3.63, 3.8) is 0 Å². The maximum atomic E-state index is 14.5. The van der Waals surface area contributed by atoms with Crippen LogP contribution in [0.4, 0.5) is 8.78 Å². The summed E-state index contributed by atoms with van der Waals surface area (Å²) in [5.74, 6) is 0.0456. The molecule has 0 amide bonds. The zero-order chi connectivity index (χ0) is 19.4. The molecule has 0 saturated carbocycles. The molecule has 0 radical (unpaired) electrons. The van der Waals surface area contributed by atoms with E-state index in [-0.39, 0.29) is 16.7 Å². The van der Waals surface area contributed by atoms with Gasteiger partial charge in [0.25, 0.3) is 0 Å². The fourth-order valence-corrected chi connectivity index (χ4v) is 3.60. The van der Waals surface area contributed by atoms with Crippen molar-refractivity contribution >= 4 is 29.5 Å². The maximum Gasteiger partial charge on any atom is 0.399 e. The molecule has 0 unspecified atom stereocenters. The van der Waals surface area contributed by atoms with Crippen LogP contribution in [0.25, 0.3) is 33.1 Å². The predicted molar refractivity (Wildman–Crippen MR) is 96.8 cm³/mol. The Morgan fingerprint density at radius 2 is 1.59 bits per heavy atom. The first-order valence-electron chi connectivity index (χ1n) is 7.88. The molecule has 8 heteroatoms. The SMILES string of the molecule is O=P(O)(O)C(F)(F)c1ccc(-c2ccc(O)cc2)c2oc3ccccc3c12. The first-order valence-corrected chi connectivity index (χ1v) is 9.49. The Hall–Kier alpha value is -2.73. The van der Waals surface area contributed by atoms with Gasteiger partial charge >= 0.3 is 13.3 Å². The Bertz CT molecular complexity index is 1210. The van der Waals surface area contributed by atoms with E-state index in [2.05, 4.69) is 0 Å². The molecule has 4 rings (SSSR count). The van der Waals surface area contributed by atoms with Gasteiger partial charge in [-0.15, -0.1) is 0 Å². The van der Waals surface area contributed by atoms with Gasteiger partial charge in [-0.25, -0.2) is 0 Å². The molecule has 0 saturated heterocycles. The standard InChI is InChI=1S/C19H13F2O5P/c20-19(21,27(23,24)25)15-10-9-13(11-5-7-12(22)8-6-11)18-17(15)14-3-1-2-4-16(14)26-18/h1-10,22H,(H2,23,24,25). The van der Waals surface area contributed by atoms with Gasteiger partial charge in [0, 0.05) is 21.9 Å². The van der Waals surface area contributed by atoms with Crippen LogP contribution in [0.2, 0.25) is 0 Å². The summed E-state index contributed by atoms with van der Waals surface area (Å²) in [5.41, 5.74) is -3.69. The molecule has 5 nitrogen and oxygen atoms in total. The van der Waals surface area contributed by atoms with Crippen molar-refractivity contribution < 1.29 is 32.7 Å². The van der Waals surface area contributed by atoms with Crippen LogP contribution in [0.1, 0.15) is 5.56 Å². The zero-order valence-corrected chi connectivity index (χ0v) is 14.5. The lowest BCUT2D eigenvalue weighted by atomic mass is 9.98. The molecule has 27 heavy (non-hydrogen) atoms. The van der Waals surface area contributed by atoms with E-state index in [1.54, 1.807) is 36.4 Å². The third-order valence-corrected chi connectivity index (χ3v) is 5.37. The van der Waals surface area contributed by atoms with Gasteiger partial charge in [0.05, 0.1) is 0 Å². The fourth-order valence-electron chi connectivity index (χ4n) is 3.10. The van der Waals surface area contributed by atoms with Gasteiger partial charge in [-0.3, -0.25) is 4.57 Å². The number of aromatic hydroxyl groups is 1. The third kappa shape index (κ3) is 2.72. The monoisotopic (exact) mass is 390 g/mol. The van der Waals surface area contributed by atoms with Crippen LogP contribution in [-0.2, 0) is 10.2 Å². The van der Waals surface area contributed by atoms with Crippen molar-refractivity contribution in [1.82, 2.24) is 0 Å². The Morgan fingerprint density at radius 3 is 2.26 bits per heavy atom. The van der Waals surface area contributed by atoms with Crippen LogP contribution in [0, 0.1) is 0 Å². The molecule has 0 aliphatic carbocycles. The molecule has 3 N–H and O–H groups in total. The van der Waals surface area contributed by atoms with E-state index < -0.39 is 18.8 Å². The highest BCUT2D eigenvalue weighted by Crippen LogP contribution is 2.61. The number of phenols is 1. The summed E-state index contributed by atoms with van der Waals surface area (Å²) in [7, 11) is -5.75. The highest BCUT2D eigenvalue weighted by Gasteiger charge is 2.51. The second-order valence-corrected chi connectivity index (χ2v) is 7.74. The van der Waals surface area contributed by atoms with E-state index >= 15 is 0 Å². The number of para-hydroxylation sites is 1. The molecular formula is C19H13F2O5P. The van der Waals surface area contributed by atoms with Crippen molar-refractivity contribution in [3.05, 3.63) is 66.2 Å². The van der Waals surface area contributed by atoms with Gasteiger partial charge in [0.15, 0.2) is 0 Å². The average molecular weight is 390 g/mol. The van der Waals surface area contributed by atoms with Gasteiger partial charge in [0.1, 0.15) is 16.9 Å². The Labute approximate surface area is 151 Å². The predicted octanol–water partition coefficient (Wildman–Crippen LogP) is 5.19. The van der Waals surface area contributed by atoms with Crippen molar-refractivity contribution in [2.75, 3.05) is 0 Å². The highest BCUT2D eigenvalue weighted by molar-refractivity contribution is 7.52. The number of halogens is 2. The largest absolute Gasteiger partial charge is 0.508 e. The molecule has 4 aromatic rings. The minimum atomic E-state index is -5.75. The number of hydrogen-bond donors (Lipinski definition) is 3. The van der Waals surface area contributed by atoms with Crippen LogP contribution in [0.5, 0.6) is 5.75 Å². The summed E-state index contributed by atoms with van der Waals surface area (Å²) in [6.45, 7) is 0. The van der Waals surface area contributed by atoms with E-state index in [0.29, 0.717) is 22.1 Å². The van der Waals surface area contributed by atoms with Crippen LogP contribution in [0.3, 0.4) is 0 Å². The van der Waals surface area contributed by atoms with Crippen LogP contribution in [0.15, 0.2) is 65.1 Å². The van der Waals surface area contributed by atoms with E-state index in [1.165, 1.54) is 18.2 Å². The van der Waals surface area contributed by atoms with Crippen molar-refractivity contribution in [2.45, 2.75) is 5.66 Å². The zero-order valence-electron chi connectivity index (χ0n) is 13.6. The first kappa shape index (κ1) is 17.7. The molecule has 0 atom stereocenters. The molecule has 138 valence electrons. The van der Waals surface area contributed by atoms with Crippen molar-refractivity contribution in [2.24, 2.45) is 0 Å². The Kier molecular flexibility index (Phi) is 3.85. The number of furan rings is 1.